The lowest BCUT2D eigenvalue weighted by atomic mass is 10.1. The molecule has 37 heteroatoms. The Bertz CT molecular complexity index is 2810. The van der Waals surface area contributed by atoms with Gasteiger partial charge in [0, 0.05) is 19.8 Å². The lowest BCUT2D eigenvalue weighted by molar-refractivity contribution is -0.0841. The van der Waals surface area contributed by atoms with Gasteiger partial charge in [-0.3, -0.25) is 0 Å². The smallest absolute Gasteiger partial charge is 0.203 e. The number of aromatic nitrogens is 6. The number of benzene rings is 1. The van der Waals surface area contributed by atoms with Crippen molar-refractivity contribution in [1.29, 1.82) is 0 Å². The van der Waals surface area contributed by atoms with Crippen LogP contribution >= 0.6 is 0 Å². The van der Waals surface area contributed by atoms with E-state index in [2.05, 4.69) is 41.4 Å². The zero-order chi connectivity index (χ0) is 99.0. The molecule has 140 heavy (non-hydrogen) atoms. The van der Waals surface area contributed by atoms with E-state index >= 15 is 0 Å². The van der Waals surface area contributed by atoms with Gasteiger partial charge in [0.15, 0.2) is 17.8 Å². The summed E-state index contributed by atoms with van der Waals surface area (Å²) >= 11 is 0. The summed E-state index contributed by atoms with van der Waals surface area (Å²) < 4.78 is 184. The average Bonchev–Trinajstić information content (AvgIpc) is 1.56. The van der Waals surface area contributed by atoms with Crippen molar-refractivity contribution < 1.29 is 147 Å². The van der Waals surface area contributed by atoms with Crippen molar-refractivity contribution in [3.63, 3.8) is 0 Å². The minimum absolute atomic E-state index is 0.182. The van der Waals surface area contributed by atoms with E-state index in [0.29, 0.717) is 365 Å². The summed E-state index contributed by atoms with van der Waals surface area (Å²) in [6.07, 6.45) is 38.9. The zero-order valence-corrected chi connectivity index (χ0v) is 87.5. The molecule has 820 valence electrons. The maximum atomic E-state index is 6.92. The molecule has 1 fully saturated rings. The second-order valence-corrected chi connectivity index (χ2v) is 34.1. The molecule has 1 saturated heterocycles. The molecule has 1 aliphatic heterocycles. The number of nitrogens with zero attached hydrogens (tertiary/aromatic N) is 6. The van der Waals surface area contributed by atoms with Gasteiger partial charge in [-0.25, -0.2) is 9.36 Å². The summed E-state index contributed by atoms with van der Waals surface area (Å²) in [6, 6.07) is 4.06. The first-order valence-corrected chi connectivity index (χ1v) is 53.6. The summed E-state index contributed by atoms with van der Waals surface area (Å²) in [4.78, 5) is 0. The molecule has 37 nitrogen and oxygen atoms in total. The van der Waals surface area contributed by atoms with E-state index in [-0.39, 0.29) is 26.4 Å². The van der Waals surface area contributed by atoms with Crippen LogP contribution in [0, 0.1) is 0 Å². The fourth-order valence-corrected chi connectivity index (χ4v) is 14.2. The summed E-state index contributed by atoms with van der Waals surface area (Å²) in [7, 11) is 3.29. The Morgan fingerprint density at radius 3 is 0.650 bits per heavy atom. The molecule has 3 heterocycles. The second kappa shape index (κ2) is 103. The Morgan fingerprint density at radius 2 is 0.429 bits per heavy atom. The number of rotatable bonds is 117. The van der Waals surface area contributed by atoms with Crippen molar-refractivity contribution in [3.05, 3.63) is 41.5 Å². The third-order valence-electron chi connectivity index (χ3n) is 22.1. The van der Waals surface area contributed by atoms with Gasteiger partial charge in [-0.1, -0.05) is 205 Å². The second-order valence-electron chi connectivity index (χ2n) is 34.1. The van der Waals surface area contributed by atoms with Gasteiger partial charge in [-0.15, -0.1) is 10.2 Å². The molecular weight excluding hydrogens is 1820 g/mol. The highest BCUT2D eigenvalue weighted by molar-refractivity contribution is 5.54. The van der Waals surface area contributed by atoms with Gasteiger partial charge in [-0.05, 0) is 31.4 Å². The lowest BCUT2D eigenvalue weighted by Gasteiger charge is -2.21. The first-order valence-electron chi connectivity index (χ1n) is 53.6. The number of unbranched alkanes of at least 4 members (excludes halogenated alkanes) is 27. The molecule has 0 aliphatic carbocycles. The van der Waals surface area contributed by atoms with Gasteiger partial charge in [0.05, 0.1) is 376 Å². The maximum absolute atomic E-state index is 6.92. The number of methoxy groups -OCH3 is 2. The van der Waals surface area contributed by atoms with Crippen LogP contribution in [-0.4, -0.2) is 393 Å². The van der Waals surface area contributed by atoms with Gasteiger partial charge in [0.1, 0.15) is 23.6 Å². The molecule has 1 aliphatic rings. The fourth-order valence-electron chi connectivity index (χ4n) is 14.2. The van der Waals surface area contributed by atoms with Crippen LogP contribution in [0.2, 0.25) is 0 Å². The Balaban J connectivity index is 1.19. The van der Waals surface area contributed by atoms with Crippen LogP contribution in [0.15, 0.2) is 24.5 Å². The van der Waals surface area contributed by atoms with Crippen LogP contribution in [-0.2, 0) is 159 Å². The predicted octanol–water partition coefficient (Wildman–Crippen LogP) is 14.6. The number of ether oxygens (including phenoxy) is 31. The maximum Gasteiger partial charge on any atom is 0.203 e. The Kier molecular flexibility index (Phi) is 94.5. The van der Waals surface area contributed by atoms with Crippen LogP contribution in [0.4, 0.5) is 0 Å². The normalized spacial score (nSPS) is 13.9. The van der Waals surface area contributed by atoms with Gasteiger partial charge in [-0.2, -0.15) is 0 Å². The molecule has 0 amide bonds. The van der Waals surface area contributed by atoms with Crippen molar-refractivity contribution in [2.75, 3.05) is 351 Å². The zero-order valence-electron chi connectivity index (χ0n) is 87.5. The van der Waals surface area contributed by atoms with Crippen molar-refractivity contribution >= 4 is 0 Å². The van der Waals surface area contributed by atoms with Crippen LogP contribution < -0.4 is 14.2 Å². The van der Waals surface area contributed by atoms with Crippen molar-refractivity contribution in [2.24, 2.45) is 0 Å². The number of hydrogen-bond acceptors (Lipinski definition) is 35. The SMILES string of the molecule is CCCCCCCCCCCCOc1cc(C2OC(COCc3cn(CCOCCOCCOCCOCCOCCOCCOCCOCCOCCOCCOCCOC)nn3)C(COCc3cn(CCOCCOCCOCCOCCOCCOCCOCCOCCOCCOCCOCCOC)nn3)O2)cc(OCCCCCCCCCCCC)c1OCCCCCCCCCCCC. The fraction of sp³-hybridized carbons (Fsp3) is 0.903. The van der Waals surface area contributed by atoms with Crippen LogP contribution in [0.25, 0.3) is 0 Å². The Labute approximate surface area is 841 Å². The molecule has 2 atom stereocenters. The van der Waals surface area contributed by atoms with Crippen molar-refractivity contribution in [3.8, 4) is 17.2 Å². The highest BCUT2D eigenvalue weighted by Crippen LogP contribution is 2.44. The summed E-state index contributed by atoms with van der Waals surface area (Å²) in [5, 5.41) is 17.6. The quantitative estimate of drug-likeness (QED) is 0.0474. The molecule has 2 unspecified atom stereocenters. The topological polar surface area (TPSA) is 348 Å². The average molecular weight is 2010 g/mol. The van der Waals surface area contributed by atoms with E-state index in [9.17, 15) is 0 Å². The summed E-state index contributed by atoms with van der Waals surface area (Å²) in [5.74, 6) is 1.93. The molecule has 0 bridgehead atoms. The van der Waals surface area contributed by atoms with Gasteiger partial charge in [0.2, 0.25) is 5.75 Å². The third kappa shape index (κ3) is 80.9. The standard InChI is InChI=1S/C103H192N6O31/c1-6-9-12-15-18-21-24-27-30-33-38-136-98-87-95(88-99(137-39-34-31-28-25-22-19-16-13-10-7-2)102(98)138-40-35-32-29-26-23-20-17-14-11-8-3)103-139-100(93-134-91-96-89-108(106-104-96)36-41-112-47-49-116-55-57-120-63-65-124-71-73-128-79-81-132-85-83-130-77-75-126-69-67-122-61-59-118-53-51-114-45-43-110-4)101(140-103)94-135-92-97-90-109(107-105-97)37-42-113-48-50-117-56-58-121-64-66-125-72-74-129-80-82-133-86-84-131-78-76-127-70-68-123-62-60-119-54-52-115-46-44-111-5/h87-90,100-101,103H,6-86,91-94H2,1-5H3. The van der Waals surface area contributed by atoms with E-state index in [1.165, 1.54) is 154 Å². The van der Waals surface area contributed by atoms with E-state index in [0.717, 1.165) is 44.1 Å². The monoisotopic (exact) mass is 2010 g/mol. The highest BCUT2D eigenvalue weighted by Gasteiger charge is 2.39. The highest BCUT2D eigenvalue weighted by atomic mass is 16.7. The minimum atomic E-state index is -0.806. The van der Waals surface area contributed by atoms with E-state index in [1.807, 2.05) is 24.5 Å². The predicted molar refractivity (Wildman–Crippen MR) is 532 cm³/mol. The summed E-state index contributed by atoms with van der Waals surface area (Å²) in [6.45, 7) is 32.5. The molecule has 0 radical (unpaired) electrons. The minimum Gasteiger partial charge on any atom is -0.490 e. The van der Waals surface area contributed by atoms with Gasteiger partial charge >= 0.3 is 0 Å². The lowest BCUT2D eigenvalue weighted by Crippen LogP contribution is -2.31. The molecule has 3 aromatic rings. The first-order chi connectivity index (χ1) is 69.6. The first kappa shape index (κ1) is 128. The van der Waals surface area contributed by atoms with Crippen molar-refractivity contribution in [1.82, 2.24) is 30.0 Å². The summed E-state index contributed by atoms with van der Waals surface area (Å²) in [5.41, 5.74) is 2.09. The molecular formula is C103H192N6O31. The van der Waals surface area contributed by atoms with E-state index in [4.69, 9.17) is 147 Å². The molecule has 0 saturated carbocycles. The molecule has 1 aromatic carbocycles. The van der Waals surface area contributed by atoms with E-state index < -0.39 is 18.5 Å². The van der Waals surface area contributed by atoms with Crippen LogP contribution in [0.5, 0.6) is 17.2 Å². The molecule has 4 rings (SSSR count). The largest absolute Gasteiger partial charge is 0.490 e. The van der Waals surface area contributed by atoms with Crippen molar-refractivity contribution in [2.45, 2.75) is 258 Å². The number of hydrogen-bond donors (Lipinski definition) is 0. The Hall–Kier alpha value is -4.22. The van der Waals surface area contributed by atoms with Gasteiger partial charge in [0.25, 0.3) is 0 Å². The van der Waals surface area contributed by atoms with Crippen LogP contribution in [0.1, 0.15) is 237 Å². The van der Waals surface area contributed by atoms with Crippen LogP contribution in [0.3, 0.4) is 0 Å². The third-order valence-corrected chi connectivity index (χ3v) is 22.1. The molecule has 0 spiro atoms. The molecule has 0 N–H and O–H groups in total. The van der Waals surface area contributed by atoms with E-state index in [1.54, 1.807) is 23.6 Å². The molecule has 2 aromatic heterocycles. The van der Waals surface area contributed by atoms with Gasteiger partial charge < -0.3 is 147 Å². The Morgan fingerprint density at radius 1 is 0.229 bits per heavy atom.